The number of carboxylic acid groups (broad SMARTS) is 2. The summed E-state index contributed by atoms with van der Waals surface area (Å²) in [7, 11) is 0. The Morgan fingerprint density at radius 1 is 0.702 bits per heavy atom. The van der Waals surface area contributed by atoms with Crippen molar-refractivity contribution in [2.45, 2.75) is 143 Å². The monoisotopic (exact) mass is 810 g/mol. The fraction of sp³-hybridized carbons (Fsp3) is 0.757. The molecule has 0 bridgehead atoms. The van der Waals surface area contributed by atoms with Crippen LogP contribution in [-0.4, -0.2) is 124 Å². The van der Waals surface area contributed by atoms with Crippen LogP contribution in [0.2, 0.25) is 0 Å². The van der Waals surface area contributed by atoms with Crippen molar-refractivity contribution < 1.29 is 48.6 Å². The van der Waals surface area contributed by atoms with Gasteiger partial charge in [0.05, 0.1) is 12.5 Å². The average molecular weight is 811 g/mol. The lowest BCUT2D eigenvalue weighted by molar-refractivity contribution is -0.144. The van der Waals surface area contributed by atoms with E-state index >= 15 is 0 Å². The summed E-state index contributed by atoms with van der Waals surface area (Å²) in [5, 5.41) is 32.0. The average Bonchev–Trinajstić information content (AvgIpc) is 3.59. The maximum atomic E-state index is 13.8. The van der Waals surface area contributed by atoms with Crippen LogP contribution in [0, 0.1) is 23.7 Å². The molecule has 1 rings (SSSR count). The van der Waals surface area contributed by atoms with E-state index in [1.165, 1.54) is 4.90 Å². The zero-order valence-corrected chi connectivity index (χ0v) is 34.5. The van der Waals surface area contributed by atoms with Crippen molar-refractivity contribution in [3.8, 4) is 0 Å². The van der Waals surface area contributed by atoms with Crippen molar-refractivity contribution in [2.24, 2.45) is 45.9 Å². The molecule has 0 aliphatic carbocycles. The molecule has 1 saturated heterocycles. The number of nitrogens with one attached hydrogen (secondary N) is 5. The van der Waals surface area contributed by atoms with E-state index in [0.717, 1.165) is 0 Å². The summed E-state index contributed by atoms with van der Waals surface area (Å²) >= 11 is 0. The highest BCUT2D eigenvalue weighted by molar-refractivity contribution is 5.98. The number of hydrogen-bond donors (Lipinski definition) is 10. The molecule has 6 amide bonds. The molecule has 0 aromatic carbocycles. The first-order chi connectivity index (χ1) is 26.5. The van der Waals surface area contributed by atoms with Crippen LogP contribution in [0.5, 0.6) is 0 Å². The molecular weight excluding hydrogens is 744 g/mol. The van der Waals surface area contributed by atoms with Crippen molar-refractivity contribution in [2.75, 3.05) is 13.1 Å². The van der Waals surface area contributed by atoms with Crippen LogP contribution in [-0.2, 0) is 38.4 Å². The zero-order chi connectivity index (χ0) is 43.7. The number of rotatable bonds is 24. The Morgan fingerprint density at radius 3 is 1.65 bits per heavy atom. The number of guanidine groups is 1. The minimum Gasteiger partial charge on any atom is -0.481 e. The zero-order valence-electron chi connectivity index (χ0n) is 34.5. The number of carbonyl (C=O) groups is 8. The van der Waals surface area contributed by atoms with Gasteiger partial charge in [0.25, 0.3) is 0 Å². The summed E-state index contributed by atoms with van der Waals surface area (Å²) in [6.45, 7) is 14.3. The van der Waals surface area contributed by atoms with Gasteiger partial charge in [-0.05, 0) is 62.2 Å². The van der Waals surface area contributed by atoms with E-state index in [1.54, 1.807) is 41.5 Å². The standard InChI is InChI=1S/C37H66N10O10/c1-18(2)15-23(31(51)43-24(16-19(3)4)33(53)46-29(21(7)8)36(56)57)42-32(52)25(17-27(48)49)44-34(54)26-12-10-14-47(26)35(55)28(20(5)6)45-30(50)22(38)11-9-13-41-37(39)40/h18-26,28-29H,9-17,38H2,1-8H3,(H,42,52)(H,43,51)(H,44,54)(H,45,50)(H,46,53)(H,48,49)(H,56,57)(H4,39,40,41)/t22-,23-,24-,25-,26-,28-,29-/m0/s1. The van der Waals surface area contributed by atoms with Gasteiger partial charge in [0.2, 0.25) is 35.4 Å². The molecule has 20 heteroatoms. The highest BCUT2D eigenvalue weighted by Crippen LogP contribution is 2.21. The van der Waals surface area contributed by atoms with Gasteiger partial charge in [0.1, 0.15) is 36.3 Å². The van der Waals surface area contributed by atoms with Gasteiger partial charge in [-0.1, -0.05) is 55.4 Å². The predicted octanol–water partition coefficient (Wildman–Crippen LogP) is -1.25. The Kier molecular flexibility index (Phi) is 21.0. The van der Waals surface area contributed by atoms with Crippen LogP contribution in [0.3, 0.4) is 0 Å². The molecule has 1 heterocycles. The number of aliphatic imine (C=N–C) groups is 1. The van der Waals surface area contributed by atoms with Crippen molar-refractivity contribution >= 4 is 53.3 Å². The van der Waals surface area contributed by atoms with E-state index in [-0.39, 0.29) is 56.6 Å². The lowest BCUT2D eigenvalue weighted by Crippen LogP contribution is -2.60. The summed E-state index contributed by atoms with van der Waals surface area (Å²) in [6.07, 6.45) is 0.616. The molecular formula is C37H66N10O10. The number of hydrogen-bond acceptors (Lipinski definition) is 10. The van der Waals surface area contributed by atoms with Gasteiger partial charge in [0.15, 0.2) is 5.96 Å². The molecule has 57 heavy (non-hydrogen) atoms. The SMILES string of the molecule is CC(C)C[C@H](NC(=O)[C@H](CC(=O)O)NC(=O)[C@@H]1CCCN1C(=O)[C@@H](NC(=O)[C@@H](N)CCCN=C(N)N)C(C)C)C(=O)N[C@@H](CC(C)C)C(=O)N[C@H](C(=O)O)C(C)C. The minimum atomic E-state index is -1.66. The van der Waals surface area contributed by atoms with Crippen LogP contribution in [0.15, 0.2) is 4.99 Å². The van der Waals surface area contributed by atoms with Gasteiger partial charge in [-0.15, -0.1) is 0 Å². The summed E-state index contributed by atoms with van der Waals surface area (Å²) in [5.41, 5.74) is 16.7. The molecule has 0 radical (unpaired) electrons. The Morgan fingerprint density at radius 2 is 1.19 bits per heavy atom. The van der Waals surface area contributed by atoms with Crippen molar-refractivity contribution in [1.29, 1.82) is 0 Å². The van der Waals surface area contributed by atoms with E-state index in [9.17, 15) is 48.6 Å². The molecule has 0 spiro atoms. The van der Waals surface area contributed by atoms with Crippen LogP contribution < -0.4 is 43.8 Å². The van der Waals surface area contributed by atoms with Gasteiger partial charge in [0, 0.05) is 13.1 Å². The van der Waals surface area contributed by atoms with E-state index < -0.39 is 108 Å². The Balaban J connectivity index is 3.21. The first kappa shape index (κ1) is 50.0. The topological polar surface area (TPSA) is 331 Å². The number of amides is 6. The predicted molar refractivity (Wildman–Crippen MR) is 211 cm³/mol. The van der Waals surface area contributed by atoms with Gasteiger partial charge < -0.3 is 58.9 Å². The number of nitrogens with two attached hydrogens (primary N) is 3. The summed E-state index contributed by atoms with van der Waals surface area (Å²) in [4.78, 5) is 110. The smallest absolute Gasteiger partial charge is 0.326 e. The molecule has 1 fully saturated rings. The maximum absolute atomic E-state index is 13.8. The quantitative estimate of drug-likeness (QED) is 0.0310. The number of carboxylic acids is 2. The Bertz CT molecular complexity index is 1450. The second-order valence-corrected chi connectivity index (χ2v) is 16.1. The van der Waals surface area contributed by atoms with Crippen LogP contribution in [0.4, 0.5) is 0 Å². The lowest BCUT2D eigenvalue weighted by Gasteiger charge is -2.32. The first-order valence-corrected chi connectivity index (χ1v) is 19.5. The minimum absolute atomic E-state index is 0.0677. The molecule has 1 aliphatic rings. The number of carbonyl (C=O) groups excluding carboxylic acids is 6. The van der Waals surface area contributed by atoms with E-state index in [4.69, 9.17) is 17.2 Å². The molecule has 0 unspecified atom stereocenters. The Labute approximate surface area is 334 Å². The third-order valence-electron chi connectivity index (χ3n) is 9.30. The van der Waals surface area contributed by atoms with Crippen LogP contribution in [0.25, 0.3) is 0 Å². The normalized spacial score (nSPS) is 17.2. The molecule has 20 nitrogen and oxygen atoms in total. The third kappa shape index (κ3) is 17.3. The van der Waals surface area contributed by atoms with Crippen LogP contribution in [0.1, 0.15) is 100 Å². The first-order valence-electron chi connectivity index (χ1n) is 19.5. The van der Waals surface area contributed by atoms with Gasteiger partial charge in [-0.3, -0.25) is 38.6 Å². The largest absolute Gasteiger partial charge is 0.481 e. The fourth-order valence-corrected chi connectivity index (χ4v) is 6.28. The second-order valence-electron chi connectivity index (χ2n) is 16.1. The van der Waals surface area contributed by atoms with Crippen LogP contribution >= 0.6 is 0 Å². The second kappa shape index (κ2) is 23.9. The van der Waals surface area contributed by atoms with Gasteiger partial charge in [-0.25, -0.2) is 4.79 Å². The van der Waals surface area contributed by atoms with E-state index in [2.05, 4.69) is 31.6 Å². The van der Waals surface area contributed by atoms with Crippen molar-refractivity contribution in [3.63, 3.8) is 0 Å². The maximum Gasteiger partial charge on any atom is 0.326 e. The fourth-order valence-electron chi connectivity index (χ4n) is 6.28. The molecule has 0 aromatic rings. The summed E-state index contributed by atoms with van der Waals surface area (Å²) < 4.78 is 0. The summed E-state index contributed by atoms with van der Waals surface area (Å²) in [5.74, 6) is -8.31. The van der Waals surface area contributed by atoms with Crippen molar-refractivity contribution in [3.05, 3.63) is 0 Å². The van der Waals surface area contributed by atoms with Gasteiger partial charge in [-0.2, -0.15) is 0 Å². The Hall–Kier alpha value is -5.01. The van der Waals surface area contributed by atoms with Crippen molar-refractivity contribution in [1.82, 2.24) is 31.5 Å². The van der Waals surface area contributed by atoms with Gasteiger partial charge >= 0.3 is 11.9 Å². The number of aliphatic carboxylic acids is 2. The third-order valence-corrected chi connectivity index (χ3v) is 9.30. The molecule has 0 saturated carbocycles. The molecule has 13 N–H and O–H groups in total. The highest BCUT2D eigenvalue weighted by Gasteiger charge is 2.41. The number of likely N-dealkylation sites (tertiary alicyclic amines) is 1. The number of nitrogens with zero attached hydrogens (tertiary/aromatic N) is 2. The molecule has 0 aromatic heterocycles. The molecule has 324 valence electrons. The van der Waals surface area contributed by atoms with E-state index in [0.29, 0.717) is 12.8 Å². The summed E-state index contributed by atoms with van der Waals surface area (Å²) in [6, 6.07) is -8.42. The highest BCUT2D eigenvalue weighted by atomic mass is 16.4. The molecule has 7 atom stereocenters. The molecule has 1 aliphatic heterocycles. The lowest BCUT2D eigenvalue weighted by atomic mass is 9.98. The van der Waals surface area contributed by atoms with E-state index in [1.807, 2.05) is 13.8 Å².